The van der Waals surface area contributed by atoms with Gasteiger partial charge in [0.1, 0.15) is 11.6 Å². The maximum atomic E-state index is 13.6. The van der Waals surface area contributed by atoms with Crippen molar-refractivity contribution in [1.29, 1.82) is 0 Å². The Labute approximate surface area is 168 Å². The molecule has 1 atom stereocenters. The molecule has 6 nitrogen and oxygen atoms in total. The van der Waals surface area contributed by atoms with E-state index < -0.39 is 0 Å². The minimum Gasteiger partial charge on any atom is -0.340 e. The predicted octanol–water partition coefficient (Wildman–Crippen LogP) is 4.49. The fourth-order valence-corrected chi connectivity index (χ4v) is 3.60. The molecule has 1 N–H and O–H groups in total. The summed E-state index contributed by atoms with van der Waals surface area (Å²) in [6, 6.07) is 11.6. The van der Waals surface area contributed by atoms with Crippen LogP contribution in [0.15, 0.2) is 54.9 Å². The van der Waals surface area contributed by atoms with Gasteiger partial charge in [-0.15, -0.1) is 0 Å². The first-order chi connectivity index (χ1) is 14.1. The van der Waals surface area contributed by atoms with Gasteiger partial charge in [0, 0.05) is 42.7 Å². The van der Waals surface area contributed by atoms with E-state index in [2.05, 4.69) is 15.3 Å². The summed E-state index contributed by atoms with van der Waals surface area (Å²) in [6.45, 7) is 2.58. The zero-order valence-corrected chi connectivity index (χ0v) is 16.2. The number of amides is 1. The van der Waals surface area contributed by atoms with Crippen molar-refractivity contribution < 1.29 is 9.18 Å². The van der Waals surface area contributed by atoms with Crippen molar-refractivity contribution in [2.75, 3.05) is 11.9 Å². The minimum atomic E-state index is -0.325. The van der Waals surface area contributed by atoms with E-state index in [4.69, 9.17) is 4.98 Å². The van der Waals surface area contributed by atoms with Gasteiger partial charge in [-0.1, -0.05) is 13.0 Å². The Morgan fingerprint density at radius 2 is 2.03 bits per heavy atom. The van der Waals surface area contributed by atoms with E-state index in [1.165, 1.54) is 12.1 Å². The molecule has 3 heterocycles. The lowest BCUT2D eigenvalue weighted by molar-refractivity contribution is -0.131. The summed E-state index contributed by atoms with van der Waals surface area (Å²) in [4.78, 5) is 27.7. The molecule has 0 spiro atoms. The van der Waals surface area contributed by atoms with Crippen LogP contribution in [0, 0.1) is 5.82 Å². The van der Waals surface area contributed by atoms with Gasteiger partial charge < -0.3 is 10.2 Å². The molecule has 1 aliphatic heterocycles. The number of nitrogens with one attached hydrogen (secondary N) is 1. The van der Waals surface area contributed by atoms with Crippen LogP contribution in [0.2, 0.25) is 0 Å². The van der Waals surface area contributed by atoms with Gasteiger partial charge in [0.2, 0.25) is 5.91 Å². The molecule has 0 saturated carbocycles. The second kappa shape index (κ2) is 8.34. The van der Waals surface area contributed by atoms with Crippen molar-refractivity contribution >= 4 is 17.4 Å². The molecule has 1 amide bonds. The molecule has 4 rings (SSSR count). The average molecular weight is 391 g/mol. The highest BCUT2D eigenvalue weighted by molar-refractivity contribution is 5.76. The van der Waals surface area contributed by atoms with E-state index in [-0.39, 0.29) is 17.8 Å². The van der Waals surface area contributed by atoms with Gasteiger partial charge in [0.15, 0.2) is 5.82 Å². The first kappa shape index (κ1) is 19.0. The number of benzene rings is 1. The Bertz CT molecular complexity index is 1010. The topological polar surface area (TPSA) is 71.0 Å². The van der Waals surface area contributed by atoms with E-state index in [1.54, 1.807) is 24.5 Å². The van der Waals surface area contributed by atoms with Crippen LogP contribution in [0.1, 0.15) is 38.1 Å². The lowest BCUT2D eigenvalue weighted by atomic mass is 10.1. The van der Waals surface area contributed by atoms with Gasteiger partial charge in [0.25, 0.3) is 0 Å². The van der Waals surface area contributed by atoms with Crippen LogP contribution in [0.4, 0.5) is 15.9 Å². The van der Waals surface area contributed by atoms with Gasteiger partial charge in [0.05, 0.1) is 11.7 Å². The highest BCUT2D eigenvalue weighted by Gasteiger charge is 2.31. The third kappa shape index (κ3) is 4.23. The van der Waals surface area contributed by atoms with Crippen molar-refractivity contribution in [1.82, 2.24) is 19.9 Å². The van der Waals surface area contributed by atoms with Gasteiger partial charge in [-0.3, -0.25) is 9.78 Å². The van der Waals surface area contributed by atoms with Crippen LogP contribution < -0.4 is 5.32 Å². The number of carbonyl (C=O) groups is 1. The molecular weight excluding hydrogens is 369 g/mol. The quantitative estimate of drug-likeness (QED) is 0.694. The first-order valence-electron chi connectivity index (χ1n) is 9.75. The maximum Gasteiger partial charge on any atom is 0.222 e. The zero-order chi connectivity index (χ0) is 20.2. The average Bonchev–Trinajstić information content (AvgIpc) is 3.24. The number of likely N-dealkylation sites (tertiary alicyclic amines) is 1. The van der Waals surface area contributed by atoms with Crippen LogP contribution in [0.5, 0.6) is 0 Å². The third-order valence-corrected chi connectivity index (χ3v) is 4.99. The third-order valence-electron chi connectivity index (χ3n) is 4.99. The summed E-state index contributed by atoms with van der Waals surface area (Å²) < 4.78 is 13.6. The second-order valence-corrected chi connectivity index (χ2v) is 6.97. The van der Waals surface area contributed by atoms with E-state index in [9.17, 15) is 9.18 Å². The Hall–Kier alpha value is -3.35. The number of hydrogen-bond donors (Lipinski definition) is 1. The fraction of sp³-hybridized carbons (Fsp3) is 0.273. The van der Waals surface area contributed by atoms with Crippen molar-refractivity contribution in [3.63, 3.8) is 0 Å². The number of anilines is 2. The van der Waals surface area contributed by atoms with E-state index >= 15 is 0 Å². The lowest BCUT2D eigenvalue weighted by Gasteiger charge is -2.24. The normalized spacial score (nSPS) is 16.1. The second-order valence-electron chi connectivity index (χ2n) is 6.97. The summed E-state index contributed by atoms with van der Waals surface area (Å²) in [7, 11) is 0. The molecule has 1 fully saturated rings. The van der Waals surface area contributed by atoms with Crippen LogP contribution >= 0.6 is 0 Å². The molecule has 1 aliphatic rings. The van der Waals surface area contributed by atoms with Crippen molar-refractivity contribution in [2.24, 2.45) is 0 Å². The molecule has 0 unspecified atom stereocenters. The van der Waals surface area contributed by atoms with E-state index in [0.717, 1.165) is 24.1 Å². The van der Waals surface area contributed by atoms with Gasteiger partial charge in [-0.05, 0) is 43.2 Å². The van der Waals surface area contributed by atoms with Crippen molar-refractivity contribution in [3.05, 3.63) is 66.5 Å². The standard InChI is InChI=1S/C22H22FN5O/c1-2-21(29)28-12-4-7-19(28)22-26-18(15-8-10-24-11-9-15)14-20(27-22)25-17-6-3-5-16(23)13-17/h3,5-6,8-11,13-14,19H,2,4,7,12H2,1H3,(H,25,26,27)/t19-/m0/s1. The molecule has 1 aromatic carbocycles. The highest BCUT2D eigenvalue weighted by atomic mass is 19.1. The number of nitrogens with zero attached hydrogens (tertiary/aromatic N) is 4. The Morgan fingerprint density at radius 1 is 1.21 bits per heavy atom. The predicted molar refractivity (Wildman–Crippen MR) is 109 cm³/mol. The van der Waals surface area contributed by atoms with Gasteiger partial charge in [-0.2, -0.15) is 0 Å². The van der Waals surface area contributed by atoms with Gasteiger partial charge >= 0.3 is 0 Å². The number of halogens is 1. The van der Waals surface area contributed by atoms with Gasteiger partial charge in [-0.25, -0.2) is 14.4 Å². The summed E-state index contributed by atoms with van der Waals surface area (Å²) in [5, 5.41) is 3.17. The minimum absolute atomic E-state index is 0.102. The smallest absolute Gasteiger partial charge is 0.222 e. The van der Waals surface area contributed by atoms with E-state index in [1.807, 2.05) is 30.0 Å². The zero-order valence-electron chi connectivity index (χ0n) is 16.2. The molecule has 148 valence electrons. The number of carbonyl (C=O) groups excluding carboxylic acids is 1. The SMILES string of the molecule is CCC(=O)N1CCC[C@H]1c1nc(Nc2cccc(F)c2)cc(-c2ccncc2)n1. The molecule has 1 saturated heterocycles. The summed E-state index contributed by atoms with van der Waals surface area (Å²) >= 11 is 0. The van der Waals surface area contributed by atoms with Crippen LogP contribution in [0.25, 0.3) is 11.3 Å². The molecule has 0 aliphatic carbocycles. The molecule has 0 radical (unpaired) electrons. The van der Waals surface area contributed by atoms with E-state index in [0.29, 0.717) is 30.3 Å². The Balaban J connectivity index is 1.75. The molecule has 3 aromatic rings. The molecule has 7 heteroatoms. The molecule has 29 heavy (non-hydrogen) atoms. The monoisotopic (exact) mass is 391 g/mol. The largest absolute Gasteiger partial charge is 0.340 e. The Kier molecular flexibility index (Phi) is 5.46. The van der Waals surface area contributed by atoms with Crippen LogP contribution in [0.3, 0.4) is 0 Å². The lowest BCUT2D eigenvalue weighted by Crippen LogP contribution is -2.30. The molecule has 2 aromatic heterocycles. The van der Waals surface area contributed by atoms with Crippen LogP contribution in [-0.2, 0) is 4.79 Å². The highest BCUT2D eigenvalue weighted by Crippen LogP contribution is 2.33. The number of aromatic nitrogens is 3. The molecular formula is C22H22FN5O. The number of hydrogen-bond acceptors (Lipinski definition) is 5. The summed E-state index contributed by atoms with van der Waals surface area (Å²) in [5.74, 6) is 0.930. The van der Waals surface area contributed by atoms with Crippen LogP contribution in [-0.4, -0.2) is 32.3 Å². The number of pyridine rings is 1. The fourth-order valence-electron chi connectivity index (χ4n) is 3.60. The summed E-state index contributed by atoms with van der Waals surface area (Å²) in [5.41, 5.74) is 2.23. The van der Waals surface area contributed by atoms with Crippen molar-refractivity contribution in [3.8, 4) is 11.3 Å². The summed E-state index contributed by atoms with van der Waals surface area (Å²) in [6.07, 6.45) is 5.62. The number of rotatable bonds is 5. The van der Waals surface area contributed by atoms with Crippen molar-refractivity contribution in [2.45, 2.75) is 32.2 Å². The first-order valence-corrected chi connectivity index (χ1v) is 9.75. The Morgan fingerprint density at radius 3 is 2.79 bits per heavy atom. The maximum absolute atomic E-state index is 13.6. The molecule has 0 bridgehead atoms.